The van der Waals surface area contributed by atoms with Gasteiger partial charge in [-0.1, -0.05) is 12.1 Å². The van der Waals surface area contributed by atoms with Gasteiger partial charge >= 0.3 is 6.18 Å². The molecule has 0 unspecified atom stereocenters. The summed E-state index contributed by atoms with van der Waals surface area (Å²) in [4.78, 5) is 28.7. The average Bonchev–Trinajstić information content (AvgIpc) is 3.47. The zero-order valence-corrected chi connectivity index (χ0v) is 17.7. The van der Waals surface area contributed by atoms with Gasteiger partial charge in [0.1, 0.15) is 5.01 Å². The summed E-state index contributed by atoms with van der Waals surface area (Å²) >= 11 is 1.25. The lowest BCUT2D eigenvalue weighted by atomic mass is 10.1. The number of anilines is 2. The van der Waals surface area contributed by atoms with Crippen molar-refractivity contribution in [2.45, 2.75) is 12.6 Å². The molecule has 33 heavy (non-hydrogen) atoms. The fourth-order valence-corrected chi connectivity index (χ4v) is 3.76. The molecule has 0 aliphatic carbocycles. The Labute approximate surface area is 190 Å². The highest BCUT2D eigenvalue weighted by molar-refractivity contribution is 7.13. The molecule has 0 radical (unpaired) electrons. The standard InChI is InChI=1S/C23H16F3N3O3S/c24-23(25,26)15-5-3-14(4-6-15)22-29-18(13-33-22)12-20(30)27-16-7-9-17(10-8-16)28-21(31)19-2-1-11-32-19/h1-11,13H,12H2,(H,27,30)(H,28,31). The third-order valence-electron chi connectivity index (χ3n) is 4.52. The van der Waals surface area contributed by atoms with Crippen LogP contribution in [0.2, 0.25) is 0 Å². The second-order valence-corrected chi connectivity index (χ2v) is 7.81. The van der Waals surface area contributed by atoms with Crippen LogP contribution in [0.3, 0.4) is 0 Å². The van der Waals surface area contributed by atoms with E-state index in [4.69, 9.17) is 4.42 Å². The van der Waals surface area contributed by atoms with Crippen LogP contribution in [-0.4, -0.2) is 16.8 Å². The minimum atomic E-state index is -4.39. The molecular formula is C23H16F3N3O3S. The topological polar surface area (TPSA) is 84.2 Å². The van der Waals surface area contributed by atoms with Crippen LogP contribution in [0.15, 0.2) is 76.7 Å². The van der Waals surface area contributed by atoms with Crippen LogP contribution in [0.5, 0.6) is 0 Å². The van der Waals surface area contributed by atoms with E-state index in [9.17, 15) is 22.8 Å². The Hall–Kier alpha value is -3.92. The van der Waals surface area contributed by atoms with Crippen molar-refractivity contribution >= 4 is 34.5 Å². The number of amides is 2. The van der Waals surface area contributed by atoms with E-state index >= 15 is 0 Å². The fraction of sp³-hybridized carbons (Fsp3) is 0.0870. The van der Waals surface area contributed by atoms with E-state index < -0.39 is 11.7 Å². The lowest BCUT2D eigenvalue weighted by Crippen LogP contribution is -2.15. The van der Waals surface area contributed by atoms with Gasteiger partial charge in [0.2, 0.25) is 5.91 Å². The normalized spacial score (nSPS) is 11.2. The van der Waals surface area contributed by atoms with Crippen molar-refractivity contribution in [1.82, 2.24) is 4.98 Å². The molecule has 2 aromatic heterocycles. The van der Waals surface area contributed by atoms with Crippen LogP contribution < -0.4 is 10.6 Å². The van der Waals surface area contributed by atoms with Gasteiger partial charge in [-0.25, -0.2) is 4.98 Å². The van der Waals surface area contributed by atoms with E-state index in [2.05, 4.69) is 15.6 Å². The molecule has 0 aliphatic heterocycles. The monoisotopic (exact) mass is 471 g/mol. The summed E-state index contributed by atoms with van der Waals surface area (Å²) in [5, 5.41) is 7.64. The smallest absolute Gasteiger partial charge is 0.416 e. The molecule has 2 amide bonds. The highest BCUT2D eigenvalue weighted by Gasteiger charge is 2.30. The van der Waals surface area contributed by atoms with Gasteiger partial charge in [-0.3, -0.25) is 9.59 Å². The maximum atomic E-state index is 12.7. The molecule has 0 aliphatic rings. The summed E-state index contributed by atoms with van der Waals surface area (Å²) in [5.41, 5.74) is 1.40. The van der Waals surface area contributed by atoms with Gasteiger partial charge in [-0.05, 0) is 48.5 Å². The minimum absolute atomic E-state index is 0.00805. The molecule has 4 aromatic rings. The molecule has 0 atom stereocenters. The third-order valence-corrected chi connectivity index (χ3v) is 5.46. The zero-order valence-electron chi connectivity index (χ0n) is 16.8. The Morgan fingerprint density at radius 2 is 1.61 bits per heavy atom. The number of rotatable bonds is 6. The van der Waals surface area contributed by atoms with Crippen molar-refractivity contribution in [2.24, 2.45) is 0 Å². The SMILES string of the molecule is O=C(Cc1csc(-c2ccc(C(F)(F)F)cc2)n1)Nc1ccc(NC(=O)c2ccco2)cc1. The van der Waals surface area contributed by atoms with Crippen molar-refractivity contribution in [3.05, 3.63) is 89.3 Å². The van der Waals surface area contributed by atoms with E-state index in [1.54, 1.807) is 41.8 Å². The van der Waals surface area contributed by atoms with E-state index in [1.807, 2.05) is 0 Å². The molecule has 6 nitrogen and oxygen atoms in total. The lowest BCUT2D eigenvalue weighted by Gasteiger charge is -2.07. The average molecular weight is 471 g/mol. The van der Waals surface area contributed by atoms with Crippen molar-refractivity contribution in [1.29, 1.82) is 0 Å². The Morgan fingerprint density at radius 1 is 0.939 bits per heavy atom. The van der Waals surface area contributed by atoms with E-state index in [0.717, 1.165) is 12.1 Å². The first kappa shape index (κ1) is 22.3. The Morgan fingerprint density at radius 3 is 2.21 bits per heavy atom. The molecule has 0 fully saturated rings. The number of hydrogen-bond donors (Lipinski definition) is 2. The molecule has 2 heterocycles. The van der Waals surface area contributed by atoms with Crippen LogP contribution in [0.1, 0.15) is 21.8 Å². The van der Waals surface area contributed by atoms with Gasteiger partial charge in [0.15, 0.2) is 5.76 Å². The zero-order chi connectivity index (χ0) is 23.4. The Balaban J connectivity index is 1.33. The van der Waals surface area contributed by atoms with Gasteiger partial charge in [0, 0.05) is 22.3 Å². The first-order valence-electron chi connectivity index (χ1n) is 9.65. The van der Waals surface area contributed by atoms with Crippen LogP contribution in [0.25, 0.3) is 10.6 Å². The summed E-state index contributed by atoms with van der Waals surface area (Å²) in [5.74, 6) is -0.498. The number of alkyl halides is 3. The number of nitrogens with one attached hydrogen (secondary N) is 2. The third kappa shape index (κ3) is 5.66. The molecule has 0 saturated carbocycles. The number of halogens is 3. The van der Waals surface area contributed by atoms with Gasteiger partial charge in [0.25, 0.3) is 5.91 Å². The molecule has 2 aromatic carbocycles. The quantitative estimate of drug-likeness (QED) is 0.369. The molecule has 0 saturated heterocycles. The number of hydrogen-bond acceptors (Lipinski definition) is 5. The summed E-state index contributed by atoms with van der Waals surface area (Å²) in [6.45, 7) is 0. The maximum absolute atomic E-state index is 12.7. The number of furan rings is 1. The predicted octanol–water partition coefficient (Wildman–Crippen LogP) is 5.86. The number of carbonyl (C=O) groups is 2. The van der Waals surface area contributed by atoms with E-state index in [0.29, 0.717) is 27.6 Å². The summed E-state index contributed by atoms with van der Waals surface area (Å²) in [7, 11) is 0. The highest BCUT2D eigenvalue weighted by atomic mass is 32.1. The van der Waals surface area contributed by atoms with Gasteiger partial charge < -0.3 is 15.1 Å². The molecule has 4 rings (SSSR count). The number of benzene rings is 2. The fourth-order valence-electron chi connectivity index (χ4n) is 2.93. The van der Waals surface area contributed by atoms with Crippen molar-refractivity contribution in [3.63, 3.8) is 0 Å². The first-order valence-corrected chi connectivity index (χ1v) is 10.5. The lowest BCUT2D eigenvalue weighted by molar-refractivity contribution is -0.137. The Bertz CT molecular complexity index is 1250. The van der Waals surface area contributed by atoms with Gasteiger partial charge in [-0.15, -0.1) is 11.3 Å². The van der Waals surface area contributed by atoms with Crippen LogP contribution in [0.4, 0.5) is 24.5 Å². The number of aromatic nitrogens is 1. The largest absolute Gasteiger partial charge is 0.459 e. The van der Waals surface area contributed by atoms with Gasteiger partial charge in [-0.2, -0.15) is 13.2 Å². The van der Waals surface area contributed by atoms with E-state index in [-0.39, 0.29) is 24.0 Å². The number of thiazole rings is 1. The second-order valence-electron chi connectivity index (χ2n) is 6.95. The molecule has 2 N–H and O–H groups in total. The van der Waals surface area contributed by atoms with E-state index in [1.165, 1.54) is 29.7 Å². The second kappa shape index (κ2) is 9.29. The molecule has 168 valence electrons. The van der Waals surface area contributed by atoms with Crippen molar-refractivity contribution in [2.75, 3.05) is 10.6 Å². The number of nitrogens with zero attached hydrogens (tertiary/aromatic N) is 1. The summed E-state index contributed by atoms with van der Waals surface area (Å²) < 4.78 is 43.1. The Kier molecular flexibility index (Phi) is 6.27. The van der Waals surface area contributed by atoms with Crippen LogP contribution in [-0.2, 0) is 17.4 Å². The van der Waals surface area contributed by atoms with Crippen LogP contribution >= 0.6 is 11.3 Å². The summed E-state index contributed by atoms with van der Waals surface area (Å²) in [6, 6.07) is 14.5. The maximum Gasteiger partial charge on any atom is 0.416 e. The molecule has 0 spiro atoms. The van der Waals surface area contributed by atoms with Crippen LogP contribution in [0, 0.1) is 0 Å². The number of carbonyl (C=O) groups excluding carboxylic acids is 2. The predicted molar refractivity (Wildman–Crippen MR) is 118 cm³/mol. The highest BCUT2D eigenvalue weighted by Crippen LogP contribution is 2.31. The van der Waals surface area contributed by atoms with Gasteiger partial charge in [0.05, 0.1) is 23.9 Å². The minimum Gasteiger partial charge on any atom is -0.459 e. The molecule has 0 bridgehead atoms. The van der Waals surface area contributed by atoms with Crippen molar-refractivity contribution < 1.29 is 27.2 Å². The molecular weight excluding hydrogens is 455 g/mol. The van der Waals surface area contributed by atoms with Crippen molar-refractivity contribution in [3.8, 4) is 10.6 Å². The molecule has 10 heteroatoms. The summed E-state index contributed by atoms with van der Waals surface area (Å²) in [6.07, 6.45) is -2.98. The first-order chi connectivity index (χ1) is 15.8.